The Kier molecular flexibility index (Phi) is 4.40. The zero-order valence-corrected chi connectivity index (χ0v) is 8.71. The number of carbonyl (C=O) groups is 1. The van der Waals surface area contributed by atoms with Gasteiger partial charge in [0.05, 0.1) is 0 Å². The molecule has 0 aliphatic carbocycles. The van der Waals surface area contributed by atoms with E-state index in [2.05, 4.69) is 6.92 Å². The van der Waals surface area contributed by atoms with Crippen LogP contribution in [0.2, 0.25) is 0 Å². The zero-order chi connectivity index (χ0) is 10.4. The molecular formula is C11H16O3. The summed E-state index contributed by atoms with van der Waals surface area (Å²) in [5, 5.41) is 0. The summed E-state index contributed by atoms with van der Waals surface area (Å²) in [5.41, 5.74) is 0. The Morgan fingerprint density at radius 2 is 2.29 bits per heavy atom. The largest absolute Gasteiger partial charge is 0.456 e. The van der Waals surface area contributed by atoms with Gasteiger partial charge in [0.1, 0.15) is 12.4 Å². The molecule has 0 aliphatic rings. The van der Waals surface area contributed by atoms with E-state index in [9.17, 15) is 4.79 Å². The van der Waals surface area contributed by atoms with Gasteiger partial charge in [-0.25, -0.2) is 0 Å². The van der Waals surface area contributed by atoms with E-state index in [1.165, 1.54) is 0 Å². The van der Waals surface area contributed by atoms with Gasteiger partial charge < -0.3 is 9.15 Å². The number of furan rings is 1. The van der Waals surface area contributed by atoms with Gasteiger partial charge in [0.15, 0.2) is 11.5 Å². The van der Waals surface area contributed by atoms with Gasteiger partial charge in [0.25, 0.3) is 0 Å². The van der Waals surface area contributed by atoms with Gasteiger partial charge in [-0.2, -0.15) is 0 Å². The number of methoxy groups -OCH3 is 1. The molecule has 1 aromatic heterocycles. The van der Waals surface area contributed by atoms with E-state index < -0.39 is 0 Å². The van der Waals surface area contributed by atoms with Crippen molar-refractivity contribution >= 4 is 5.78 Å². The molecule has 0 saturated carbocycles. The van der Waals surface area contributed by atoms with Gasteiger partial charge >= 0.3 is 0 Å². The Morgan fingerprint density at radius 1 is 1.50 bits per heavy atom. The lowest BCUT2D eigenvalue weighted by molar-refractivity contribution is 0.0944. The zero-order valence-electron chi connectivity index (χ0n) is 8.71. The van der Waals surface area contributed by atoms with Gasteiger partial charge in [0, 0.05) is 13.5 Å². The number of ketones is 1. The number of Topliss-reactive ketones (excluding diaryl/α,β-unsaturated/α-hetero) is 1. The average Bonchev–Trinajstić information content (AvgIpc) is 2.63. The monoisotopic (exact) mass is 196 g/mol. The summed E-state index contributed by atoms with van der Waals surface area (Å²) >= 11 is 0. The molecule has 0 fully saturated rings. The lowest BCUT2D eigenvalue weighted by Gasteiger charge is -1.95. The molecule has 0 amide bonds. The first-order valence-corrected chi connectivity index (χ1v) is 4.88. The summed E-state index contributed by atoms with van der Waals surface area (Å²) in [7, 11) is 1.60. The van der Waals surface area contributed by atoms with Crippen LogP contribution in [0.3, 0.4) is 0 Å². The molecule has 0 aliphatic heterocycles. The molecule has 0 saturated heterocycles. The van der Waals surface area contributed by atoms with E-state index in [4.69, 9.17) is 9.15 Å². The minimum atomic E-state index is 0.0780. The third kappa shape index (κ3) is 3.00. The minimum absolute atomic E-state index is 0.0780. The quantitative estimate of drug-likeness (QED) is 0.657. The molecule has 0 N–H and O–H groups in total. The van der Waals surface area contributed by atoms with Crippen LogP contribution in [0.5, 0.6) is 0 Å². The van der Waals surface area contributed by atoms with Gasteiger partial charge in [-0.15, -0.1) is 0 Å². The van der Waals surface area contributed by atoms with E-state index >= 15 is 0 Å². The molecule has 3 nitrogen and oxygen atoms in total. The Morgan fingerprint density at radius 3 is 2.93 bits per heavy atom. The highest BCUT2D eigenvalue weighted by atomic mass is 16.5. The van der Waals surface area contributed by atoms with Crippen LogP contribution < -0.4 is 0 Å². The van der Waals surface area contributed by atoms with Crippen molar-refractivity contribution in [3.05, 3.63) is 23.7 Å². The molecule has 0 spiro atoms. The number of rotatable bonds is 6. The van der Waals surface area contributed by atoms with Crippen LogP contribution in [0.4, 0.5) is 0 Å². The summed E-state index contributed by atoms with van der Waals surface area (Å²) in [6, 6.07) is 3.50. The highest BCUT2D eigenvalue weighted by Crippen LogP contribution is 2.12. The lowest BCUT2D eigenvalue weighted by atomic mass is 10.1. The number of carbonyl (C=O) groups excluding carboxylic acids is 1. The third-order valence-electron chi connectivity index (χ3n) is 1.98. The standard InChI is InChI=1S/C11H16O3/c1-3-4-5-10(12)11-7-6-9(14-11)8-13-2/h6-7H,3-5,8H2,1-2H3. The maximum atomic E-state index is 11.5. The Balaban J connectivity index is 2.53. The number of ether oxygens (including phenoxy) is 1. The highest BCUT2D eigenvalue weighted by Gasteiger charge is 2.09. The van der Waals surface area contributed by atoms with Crippen molar-refractivity contribution in [1.29, 1.82) is 0 Å². The fourth-order valence-corrected chi connectivity index (χ4v) is 1.21. The van der Waals surface area contributed by atoms with Crippen LogP contribution in [0.1, 0.15) is 42.5 Å². The second-order valence-corrected chi connectivity index (χ2v) is 3.23. The van der Waals surface area contributed by atoms with Gasteiger partial charge in [0.2, 0.25) is 0 Å². The van der Waals surface area contributed by atoms with E-state index in [0.29, 0.717) is 24.5 Å². The fourth-order valence-electron chi connectivity index (χ4n) is 1.21. The first kappa shape index (κ1) is 11.0. The van der Waals surface area contributed by atoms with E-state index in [-0.39, 0.29) is 5.78 Å². The molecule has 1 aromatic rings. The molecular weight excluding hydrogens is 180 g/mol. The molecule has 1 heterocycles. The van der Waals surface area contributed by atoms with Crippen LogP contribution >= 0.6 is 0 Å². The van der Waals surface area contributed by atoms with E-state index in [1.54, 1.807) is 19.2 Å². The predicted molar refractivity (Wildman–Crippen MR) is 53.3 cm³/mol. The van der Waals surface area contributed by atoms with Gasteiger partial charge in [-0.05, 0) is 18.6 Å². The molecule has 0 bridgehead atoms. The van der Waals surface area contributed by atoms with Gasteiger partial charge in [-0.1, -0.05) is 13.3 Å². The third-order valence-corrected chi connectivity index (χ3v) is 1.98. The Hall–Kier alpha value is -1.09. The summed E-state index contributed by atoms with van der Waals surface area (Å²) in [6.45, 7) is 2.48. The number of hydrogen-bond donors (Lipinski definition) is 0. The van der Waals surface area contributed by atoms with Crippen molar-refractivity contribution in [3.63, 3.8) is 0 Å². The van der Waals surface area contributed by atoms with Crippen molar-refractivity contribution in [3.8, 4) is 0 Å². The maximum Gasteiger partial charge on any atom is 0.197 e. The smallest absolute Gasteiger partial charge is 0.197 e. The highest BCUT2D eigenvalue weighted by molar-refractivity contribution is 5.93. The Bertz CT molecular complexity index is 288. The molecule has 0 unspecified atom stereocenters. The molecule has 0 aromatic carbocycles. The van der Waals surface area contributed by atoms with E-state index in [0.717, 1.165) is 12.8 Å². The van der Waals surface area contributed by atoms with Crippen LogP contribution in [-0.4, -0.2) is 12.9 Å². The van der Waals surface area contributed by atoms with Crippen LogP contribution in [0, 0.1) is 0 Å². The molecule has 78 valence electrons. The van der Waals surface area contributed by atoms with Crippen molar-refractivity contribution < 1.29 is 13.9 Å². The maximum absolute atomic E-state index is 11.5. The van der Waals surface area contributed by atoms with Crippen LogP contribution in [0.25, 0.3) is 0 Å². The molecule has 14 heavy (non-hydrogen) atoms. The molecule has 0 atom stereocenters. The average molecular weight is 196 g/mol. The summed E-state index contributed by atoms with van der Waals surface area (Å²) in [6.07, 6.45) is 2.51. The van der Waals surface area contributed by atoms with Crippen molar-refractivity contribution in [2.75, 3.05) is 7.11 Å². The van der Waals surface area contributed by atoms with Crippen molar-refractivity contribution in [1.82, 2.24) is 0 Å². The van der Waals surface area contributed by atoms with Crippen LogP contribution in [0.15, 0.2) is 16.5 Å². The molecule has 1 rings (SSSR count). The summed E-state index contributed by atoms with van der Waals surface area (Å²) < 4.78 is 10.2. The van der Waals surface area contributed by atoms with Crippen molar-refractivity contribution in [2.45, 2.75) is 32.8 Å². The minimum Gasteiger partial charge on any atom is -0.456 e. The lowest BCUT2D eigenvalue weighted by Crippen LogP contribution is -1.96. The SMILES string of the molecule is CCCCC(=O)c1ccc(COC)o1. The summed E-state index contributed by atoms with van der Waals surface area (Å²) in [4.78, 5) is 11.5. The second kappa shape index (κ2) is 5.60. The molecule has 0 radical (unpaired) electrons. The topological polar surface area (TPSA) is 39.4 Å². The number of hydrogen-bond acceptors (Lipinski definition) is 3. The first-order chi connectivity index (χ1) is 6.77. The first-order valence-electron chi connectivity index (χ1n) is 4.88. The number of unbranched alkanes of at least 4 members (excludes halogenated alkanes) is 1. The van der Waals surface area contributed by atoms with E-state index in [1.807, 2.05) is 0 Å². The van der Waals surface area contributed by atoms with Gasteiger partial charge in [-0.3, -0.25) is 4.79 Å². The van der Waals surface area contributed by atoms with Crippen molar-refractivity contribution in [2.24, 2.45) is 0 Å². The predicted octanol–water partition coefficient (Wildman–Crippen LogP) is 2.80. The Labute approximate surface area is 84.1 Å². The summed E-state index contributed by atoms with van der Waals surface area (Å²) in [5.74, 6) is 1.23. The second-order valence-electron chi connectivity index (χ2n) is 3.23. The fraction of sp³-hybridized carbons (Fsp3) is 0.545. The molecule has 3 heteroatoms. The normalized spacial score (nSPS) is 10.4. The van der Waals surface area contributed by atoms with Crippen LogP contribution in [-0.2, 0) is 11.3 Å².